The third-order valence-electron chi connectivity index (χ3n) is 4.33. The van der Waals surface area contributed by atoms with Gasteiger partial charge in [-0.1, -0.05) is 0 Å². The van der Waals surface area contributed by atoms with Crippen LogP contribution >= 0.6 is 0 Å². The highest BCUT2D eigenvalue weighted by molar-refractivity contribution is 5.96. The number of amides is 1. The molecule has 1 aliphatic rings. The third-order valence-corrected chi connectivity index (χ3v) is 4.33. The number of nitrogens with zero attached hydrogens (tertiary/aromatic N) is 3. The highest BCUT2D eigenvalue weighted by Gasteiger charge is 2.23. The third kappa shape index (κ3) is 3.76. The molecule has 2 aromatic rings. The summed E-state index contributed by atoms with van der Waals surface area (Å²) in [6, 6.07) is 8.00. The number of benzene rings is 1. The van der Waals surface area contributed by atoms with E-state index < -0.39 is 0 Å². The molecule has 24 heavy (non-hydrogen) atoms. The Morgan fingerprint density at radius 1 is 1.46 bits per heavy atom. The maximum absolute atomic E-state index is 12.6. The highest BCUT2D eigenvalue weighted by Crippen LogP contribution is 2.30. The van der Waals surface area contributed by atoms with E-state index in [0.29, 0.717) is 6.54 Å². The highest BCUT2D eigenvalue weighted by atomic mass is 16.5. The van der Waals surface area contributed by atoms with Gasteiger partial charge in [-0.15, -0.1) is 0 Å². The topological polar surface area (TPSA) is 59.4 Å². The molecule has 1 aromatic carbocycles. The molecular formula is C18H24N4O2. The summed E-state index contributed by atoms with van der Waals surface area (Å²) in [6.07, 6.45) is 5.65. The molecule has 0 saturated carbocycles. The quantitative estimate of drug-likeness (QED) is 0.879. The lowest BCUT2D eigenvalue weighted by molar-refractivity contribution is -0.118. The van der Waals surface area contributed by atoms with Crippen LogP contribution in [-0.2, 0) is 17.8 Å². The number of hydrogen-bond acceptors (Lipinski definition) is 4. The fraction of sp³-hybridized carbons (Fsp3) is 0.444. The smallest absolute Gasteiger partial charge is 0.240 e. The molecule has 0 unspecified atom stereocenters. The van der Waals surface area contributed by atoms with E-state index in [4.69, 9.17) is 4.74 Å². The van der Waals surface area contributed by atoms with E-state index in [-0.39, 0.29) is 11.9 Å². The predicted molar refractivity (Wildman–Crippen MR) is 93.4 cm³/mol. The summed E-state index contributed by atoms with van der Waals surface area (Å²) in [6.45, 7) is 3.90. The lowest BCUT2D eigenvalue weighted by Gasteiger charge is -2.30. The zero-order chi connectivity index (χ0) is 16.9. The van der Waals surface area contributed by atoms with Gasteiger partial charge in [-0.2, -0.15) is 5.10 Å². The van der Waals surface area contributed by atoms with Gasteiger partial charge >= 0.3 is 0 Å². The first-order valence-corrected chi connectivity index (χ1v) is 8.35. The molecule has 0 aliphatic carbocycles. The number of carbonyl (C=O) groups excluding carboxylic acids is 1. The van der Waals surface area contributed by atoms with Gasteiger partial charge < -0.3 is 15.0 Å². The van der Waals surface area contributed by atoms with E-state index in [2.05, 4.69) is 17.3 Å². The number of nitrogens with one attached hydrogen (secondary N) is 1. The molecule has 1 aromatic heterocycles. The molecule has 0 fully saturated rings. The van der Waals surface area contributed by atoms with Gasteiger partial charge in [0, 0.05) is 30.7 Å². The first-order valence-electron chi connectivity index (χ1n) is 8.35. The molecule has 0 bridgehead atoms. The van der Waals surface area contributed by atoms with Crippen LogP contribution < -0.4 is 15.0 Å². The molecule has 128 valence electrons. The molecular weight excluding hydrogens is 304 g/mol. The van der Waals surface area contributed by atoms with Gasteiger partial charge in [0.25, 0.3) is 0 Å². The molecule has 0 radical (unpaired) electrons. The van der Waals surface area contributed by atoms with E-state index in [1.807, 2.05) is 40.0 Å². The van der Waals surface area contributed by atoms with Gasteiger partial charge in [0.1, 0.15) is 5.75 Å². The van der Waals surface area contributed by atoms with Gasteiger partial charge in [0.2, 0.25) is 5.91 Å². The van der Waals surface area contributed by atoms with Crippen molar-refractivity contribution in [1.29, 1.82) is 0 Å². The maximum Gasteiger partial charge on any atom is 0.240 e. The summed E-state index contributed by atoms with van der Waals surface area (Å²) in [5, 5.41) is 7.48. The van der Waals surface area contributed by atoms with E-state index in [1.54, 1.807) is 13.3 Å². The number of ether oxygens (including phenoxy) is 1. The number of carbonyl (C=O) groups is 1. The number of anilines is 1. The van der Waals surface area contributed by atoms with Crippen LogP contribution in [0.25, 0.3) is 0 Å². The molecule has 0 spiro atoms. The first-order chi connectivity index (χ1) is 11.7. The summed E-state index contributed by atoms with van der Waals surface area (Å²) in [5.41, 5.74) is 2.19. The van der Waals surface area contributed by atoms with E-state index in [9.17, 15) is 4.79 Å². The van der Waals surface area contributed by atoms with Crippen LogP contribution in [0.15, 0.2) is 36.7 Å². The van der Waals surface area contributed by atoms with Crippen molar-refractivity contribution in [3.63, 3.8) is 0 Å². The molecule has 6 nitrogen and oxygen atoms in total. The van der Waals surface area contributed by atoms with E-state index >= 15 is 0 Å². The number of aryl methyl sites for hydroxylation is 1. The number of methoxy groups -OCH3 is 1. The summed E-state index contributed by atoms with van der Waals surface area (Å²) in [7, 11) is 1.67. The Balaban J connectivity index is 1.60. The van der Waals surface area contributed by atoms with Crippen LogP contribution in [0.1, 0.15) is 18.9 Å². The molecule has 2 heterocycles. The Morgan fingerprint density at radius 2 is 2.33 bits per heavy atom. The van der Waals surface area contributed by atoms with Gasteiger partial charge in [-0.3, -0.25) is 9.48 Å². The molecule has 1 atom stereocenters. The number of aromatic nitrogens is 2. The Morgan fingerprint density at radius 3 is 3.08 bits per heavy atom. The predicted octanol–water partition coefficient (Wildman–Crippen LogP) is 1.85. The zero-order valence-corrected chi connectivity index (χ0v) is 14.2. The molecule has 1 amide bonds. The Bertz CT molecular complexity index is 684. The van der Waals surface area contributed by atoms with Crippen molar-refractivity contribution in [3.8, 4) is 5.75 Å². The monoisotopic (exact) mass is 328 g/mol. The number of hydrogen-bond donors (Lipinski definition) is 1. The average Bonchev–Trinajstić information content (AvgIpc) is 3.11. The van der Waals surface area contributed by atoms with Crippen molar-refractivity contribution < 1.29 is 9.53 Å². The maximum atomic E-state index is 12.6. The van der Waals surface area contributed by atoms with Crippen molar-refractivity contribution in [2.45, 2.75) is 32.4 Å². The normalized spacial score (nSPS) is 15.0. The standard InChI is InChI=1S/C18H24N4O2/c1-14(13-21-9-4-8-20-21)19-12-18(23)22-10-3-5-15-11-16(24-2)6-7-17(15)22/h4,6-9,11,14,19H,3,5,10,12-13H2,1-2H3/t14-/m1/s1. The summed E-state index contributed by atoms with van der Waals surface area (Å²) in [5.74, 6) is 0.947. The first kappa shape index (κ1) is 16.5. The van der Waals surface area contributed by atoms with Crippen LogP contribution in [0, 0.1) is 0 Å². The fourth-order valence-electron chi connectivity index (χ4n) is 3.07. The van der Waals surface area contributed by atoms with Crippen molar-refractivity contribution >= 4 is 11.6 Å². The average molecular weight is 328 g/mol. The van der Waals surface area contributed by atoms with Gasteiger partial charge in [0.05, 0.1) is 20.2 Å². The minimum atomic E-state index is 0.105. The second kappa shape index (κ2) is 7.49. The summed E-state index contributed by atoms with van der Waals surface area (Å²) >= 11 is 0. The molecule has 1 aliphatic heterocycles. The van der Waals surface area contributed by atoms with Crippen molar-refractivity contribution in [2.75, 3.05) is 25.1 Å². The molecule has 6 heteroatoms. The lowest BCUT2D eigenvalue weighted by atomic mass is 10.0. The van der Waals surface area contributed by atoms with Gasteiger partial charge in [-0.05, 0) is 49.6 Å². The van der Waals surface area contributed by atoms with Crippen LogP contribution in [0.2, 0.25) is 0 Å². The lowest BCUT2D eigenvalue weighted by Crippen LogP contribution is -2.44. The second-order valence-corrected chi connectivity index (χ2v) is 6.15. The molecule has 3 rings (SSSR count). The van der Waals surface area contributed by atoms with Crippen LogP contribution in [0.4, 0.5) is 5.69 Å². The van der Waals surface area contributed by atoms with Crippen molar-refractivity contribution in [1.82, 2.24) is 15.1 Å². The number of rotatable bonds is 6. The van der Waals surface area contributed by atoms with Gasteiger partial charge in [-0.25, -0.2) is 0 Å². The Hall–Kier alpha value is -2.34. The van der Waals surface area contributed by atoms with Crippen molar-refractivity contribution in [3.05, 3.63) is 42.2 Å². The van der Waals surface area contributed by atoms with Crippen LogP contribution in [-0.4, -0.2) is 41.9 Å². The fourth-order valence-corrected chi connectivity index (χ4v) is 3.07. The van der Waals surface area contributed by atoms with E-state index in [0.717, 1.165) is 37.4 Å². The minimum absolute atomic E-state index is 0.105. The summed E-state index contributed by atoms with van der Waals surface area (Å²) < 4.78 is 7.15. The Kier molecular flexibility index (Phi) is 5.15. The van der Waals surface area contributed by atoms with Crippen LogP contribution in [0.5, 0.6) is 5.75 Å². The minimum Gasteiger partial charge on any atom is -0.497 e. The SMILES string of the molecule is COc1ccc2c(c1)CCCN2C(=O)CN[C@H](C)Cn1cccn1. The van der Waals surface area contributed by atoms with Crippen molar-refractivity contribution in [2.24, 2.45) is 0 Å². The van der Waals surface area contributed by atoms with Crippen LogP contribution in [0.3, 0.4) is 0 Å². The largest absolute Gasteiger partial charge is 0.497 e. The van der Waals surface area contributed by atoms with E-state index in [1.165, 1.54) is 5.56 Å². The van der Waals surface area contributed by atoms with Gasteiger partial charge in [0.15, 0.2) is 0 Å². The molecule has 1 N–H and O–H groups in total. The Labute approximate surface area is 142 Å². The molecule has 0 saturated heterocycles. The zero-order valence-electron chi connectivity index (χ0n) is 14.2. The summed E-state index contributed by atoms with van der Waals surface area (Å²) in [4.78, 5) is 14.5. The number of fused-ring (bicyclic) bond motifs is 1. The second-order valence-electron chi connectivity index (χ2n) is 6.15.